The minimum absolute atomic E-state index is 0.179. The molecule has 0 unspecified atom stereocenters. The highest BCUT2D eigenvalue weighted by atomic mass is 79.9. The maximum Gasteiger partial charge on any atom is 0.340 e. The van der Waals surface area contributed by atoms with E-state index in [2.05, 4.69) is 26.2 Å². The second-order valence-electron chi connectivity index (χ2n) is 6.70. The normalized spacial score (nSPS) is 14.0. The molecular formula is C23H19BrN2O3. The molecule has 0 spiro atoms. The molecule has 29 heavy (non-hydrogen) atoms. The number of aromatic amines is 1. The predicted molar refractivity (Wildman–Crippen MR) is 118 cm³/mol. The maximum absolute atomic E-state index is 12.7. The second-order valence-corrected chi connectivity index (χ2v) is 7.62. The molecule has 2 aromatic carbocycles. The standard InChI is InChI=1S/C23H19BrN2O3/c1-3-29-23(28)20-13(2)25-19(21(20)14-7-5-4-6-8-14)12-17-16-11-15(24)9-10-18(16)26-22(17)27/h4-12,25H,3H2,1-2H3,(H,26,27). The third-order valence-corrected chi connectivity index (χ3v) is 5.31. The first kappa shape index (κ1) is 19.2. The summed E-state index contributed by atoms with van der Waals surface area (Å²) in [5.41, 5.74) is 5.59. The van der Waals surface area contributed by atoms with Gasteiger partial charge in [-0.1, -0.05) is 46.3 Å². The Morgan fingerprint density at radius 3 is 2.66 bits per heavy atom. The number of carbonyl (C=O) groups is 2. The van der Waals surface area contributed by atoms with E-state index in [0.717, 1.165) is 26.9 Å². The number of esters is 1. The van der Waals surface area contributed by atoms with Crippen molar-refractivity contribution in [1.82, 2.24) is 4.98 Å². The van der Waals surface area contributed by atoms with Crippen LogP contribution in [0.1, 0.15) is 34.2 Å². The number of nitrogens with one attached hydrogen (secondary N) is 2. The van der Waals surface area contributed by atoms with Crippen molar-refractivity contribution in [2.75, 3.05) is 11.9 Å². The van der Waals surface area contributed by atoms with E-state index < -0.39 is 0 Å². The molecule has 1 aliphatic heterocycles. The number of carbonyl (C=O) groups excluding carboxylic acids is 2. The molecule has 5 nitrogen and oxygen atoms in total. The van der Waals surface area contributed by atoms with Crippen LogP contribution in [0.2, 0.25) is 0 Å². The van der Waals surface area contributed by atoms with Gasteiger partial charge in [0, 0.05) is 32.7 Å². The Labute approximate surface area is 176 Å². The molecular weight excluding hydrogens is 432 g/mol. The molecule has 0 fully saturated rings. The van der Waals surface area contributed by atoms with E-state index in [4.69, 9.17) is 4.74 Å². The van der Waals surface area contributed by atoms with E-state index in [-0.39, 0.29) is 18.5 Å². The molecule has 0 radical (unpaired) electrons. The van der Waals surface area contributed by atoms with Gasteiger partial charge in [0.1, 0.15) is 0 Å². The minimum Gasteiger partial charge on any atom is -0.462 e. The second kappa shape index (κ2) is 7.72. The minimum atomic E-state index is -0.385. The topological polar surface area (TPSA) is 71.2 Å². The predicted octanol–water partition coefficient (Wildman–Crippen LogP) is 5.42. The van der Waals surface area contributed by atoms with Gasteiger partial charge in [-0.3, -0.25) is 4.79 Å². The zero-order valence-electron chi connectivity index (χ0n) is 16.0. The molecule has 4 rings (SSSR count). The maximum atomic E-state index is 12.7. The van der Waals surface area contributed by atoms with Crippen molar-refractivity contribution in [3.8, 4) is 11.1 Å². The summed E-state index contributed by atoms with van der Waals surface area (Å²) in [5, 5.41) is 2.89. The Balaban J connectivity index is 1.93. The van der Waals surface area contributed by atoms with E-state index in [1.165, 1.54) is 0 Å². The van der Waals surface area contributed by atoms with Crippen LogP contribution in [0.25, 0.3) is 22.8 Å². The number of fused-ring (bicyclic) bond motifs is 1. The van der Waals surface area contributed by atoms with Crippen LogP contribution in [-0.4, -0.2) is 23.5 Å². The lowest BCUT2D eigenvalue weighted by atomic mass is 9.98. The number of hydrogen-bond donors (Lipinski definition) is 2. The van der Waals surface area contributed by atoms with Crippen molar-refractivity contribution in [2.24, 2.45) is 0 Å². The van der Waals surface area contributed by atoms with Crippen LogP contribution in [0.5, 0.6) is 0 Å². The summed E-state index contributed by atoms with van der Waals surface area (Å²) >= 11 is 3.47. The Hall–Kier alpha value is -3.12. The van der Waals surface area contributed by atoms with Gasteiger partial charge in [0.25, 0.3) is 5.91 Å². The lowest BCUT2D eigenvalue weighted by Crippen LogP contribution is -2.06. The molecule has 0 bridgehead atoms. The van der Waals surface area contributed by atoms with Crippen molar-refractivity contribution in [3.63, 3.8) is 0 Å². The van der Waals surface area contributed by atoms with Crippen LogP contribution >= 0.6 is 15.9 Å². The average molecular weight is 451 g/mol. The fourth-order valence-corrected chi connectivity index (χ4v) is 3.93. The lowest BCUT2D eigenvalue weighted by molar-refractivity contribution is -0.110. The first-order chi connectivity index (χ1) is 14.0. The molecule has 1 aliphatic rings. The van der Waals surface area contributed by atoms with Gasteiger partial charge in [0.2, 0.25) is 0 Å². The quantitative estimate of drug-likeness (QED) is 0.411. The Kier molecular flexibility index (Phi) is 5.11. The number of aromatic nitrogens is 1. The highest BCUT2D eigenvalue weighted by molar-refractivity contribution is 9.10. The van der Waals surface area contributed by atoms with Crippen molar-refractivity contribution < 1.29 is 14.3 Å². The Morgan fingerprint density at radius 1 is 1.17 bits per heavy atom. The van der Waals surface area contributed by atoms with Gasteiger partial charge in [0.05, 0.1) is 17.7 Å². The van der Waals surface area contributed by atoms with Gasteiger partial charge in [-0.05, 0) is 43.7 Å². The SMILES string of the molecule is CCOC(=O)c1c(C)[nH]c(C=C2C(=O)Nc3ccc(Br)cc32)c1-c1ccccc1. The number of hydrogen-bond acceptors (Lipinski definition) is 3. The Bertz CT molecular complexity index is 1150. The molecule has 0 aliphatic carbocycles. The van der Waals surface area contributed by atoms with E-state index in [1.807, 2.05) is 55.5 Å². The van der Waals surface area contributed by atoms with Gasteiger partial charge >= 0.3 is 5.97 Å². The average Bonchev–Trinajstić information content (AvgIpc) is 3.19. The number of H-pyrrole nitrogens is 1. The highest BCUT2D eigenvalue weighted by Crippen LogP contribution is 2.38. The van der Waals surface area contributed by atoms with Crippen molar-refractivity contribution in [2.45, 2.75) is 13.8 Å². The molecule has 6 heteroatoms. The molecule has 1 aromatic heterocycles. The molecule has 146 valence electrons. The fourth-order valence-electron chi connectivity index (χ4n) is 3.57. The van der Waals surface area contributed by atoms with Gasteiger partial charge in [-0.15, -0.1) is 0 Å². The van der Waals surface area contributed by atoms with E-state index in [1.54, 1.807) is 13.0 Å². The summed E-state index contributed by atoms with van der Waals surface area (Å²) < 4.78 is 6.17. The summed E-state index contributed by atoms with van der Waals surface area (Å²) in [7, 11) is 0. The third kappa shape index (κ3) is 3.51. The van der Waals surface area contributed by atoms with Crippen LogP contribution < -0.4 is 5.32 Å². The third-order valence-electron chi connectivity index (χ3n) is 4.81. The first-order valence-electron chi connectivity index (χ1n) is 9.27. The molecule has 0 saturated heterocycles. The van der Waals surface area contributed by atoms with Crippen molar-refractivity contribution in [1.29, 1.82) is 0 Å². The monoisotopic (exact) mass is 450 g/mol. The van der Waals surface area contributed by atoms with E-state index in [0.29, 0.717) is 22.5 Å². The molecule has 0 saturated carbocycles. The van der Waals surface area contributed by atoms with Crippen LogP contribution in [0.15, 0.2) is 53.0 Å². The summed E-state index contributed by atoms with van der Waals surface area (Å²) in [6.45, 7) is 3.90. The molecule has 0 atom stereocenters. The van der Waals surface area contributed by atoms with Crippen LogP contribution in [-0.2, 0) is 9.53 Å². The first-order valence-corrected chi connectivity index (χ1v) is 10.1. The number of halogens is 1. The van der Waals surface area contributed by atoms with Gasteiger partial charge in [0.15, 0.2) is 0 Å². The summed E-state index contributed by atoms with van der Waals surface area (Å²) in [6.07, 6.45) is 1.80. The van der Waals surface area contributed by atoms with Gasteiger partial charge in [-0.25, -0.2) is 4.79 Å². The number of benzene rings is 2. The lowest BCUT2D eigenvalue weighted by Gasteiger charge is -2.07. The summed E-state index contributed by atoms with van der Waals surface area (Å²) in [6, 6.07) is 15.3. The van der Waals surface area contributed by atoms with Crippen LogP contribution in [0.3, 0.4) is 0 Å². The summed E-state index contributed by atoms with van der Waals surface area (Å²) in [5.74, 6) is -0.564. The van der Waals surface area contributed by atoms with Crippen molar-refractivity contribution in [3.05, 3.63) is 75.5 Å². The number of ether oxygens (including phenoxy) is 1. The number of amides is 1. The number of aryl methyl sites for hydroxylation is 1. The fraction of sp³-hybridized carbons (Fsp3) is 0.130. The van der Waals surface area contributed by atoms with Gasteiger partial charge < -0.3 is 15.0 Å². The molecule has 2 heterocycles. The molecule has 3 aromatic rings. The largest absolute Gasteiger partial charge is 0.462 e. The zero-order chi connectivity index (χ0) is 20.5. The van der Waals surface area contributed by atoms with Gasteiger partial charge in [-0.2, -0.15) is 0 Å². The summed E-state index contributed by atoms with van der Waals surface area (Å²) in [4.78, 5) is 28.6. The number of anilines is 1. The molecule has 2 N–H and O–H groups in total. The van der Waals surface area contributed by atoms with Crippen molar-refractivity contribution >= 4 is 45.1 Å². The van der Waals surface area contributed by atoms with E-state index in [9.17, 15) is 9.59 Å². The zero-order valence-corrected chi connectivity index (χ0v) is 17.6. The Morgan fingerprint density at radius 2 is 1.93 bits per heavy atom. The highest BCUT2D eigenvalue weighted by Gasteiger charge is 2.27. The smallest absolute Gasteiger partial charge is 0.340 e. The number of rotatable bonds is 4. The van der Waals surface area contributed by atoms with E-state index >= 15 is 0 Å². The molecule has 1 amide bonds. The van der Waals surface area contributed by atoms with Crippen LogP contribution in [0, 0.1) is 6.92 Å². The van der Waals surface area contributed by atoms with Crippen LogP contribution in [0.4, 0.5) is 5.69 Å².